The molecule has 172 valence electrons. The Morgan fingerprint density at radius 1 is 1.09 bits per heavy atom. The molecule has 34 heavy (non-hydrogen) atoms. The number of nitrogens with zero attached hydrogens (tertiary/aromatic N) is 3. The Bertz CT molecular complexity index is 1300. The van der Waals surface area contributed by atoms with Gasteiger partial charge in [-0.05, 0) is 36.4 Å². The van der Waals surface area contributed by atoms with Gasteiger partial charge >= 0.3 is 11.7 Å². The van der Waals surface area contributed by atoms with Crippen molar-refractivity contribution in [1.29, 1.82) is 0 Å². The molecule has 0 spiro atoms. The average Bonchev–Trinajstić information content (AvgIpc) is 2.85. The lowest BCUT2D eigenvalue weighted by molar-refractivity contribution is -0.384. The molecule has 1 amide bonds. The van der Waals surface area contributed by atoms with Crippen molar-refractivity contribution in [3.8, 4) is 0 Å². The summed E-state index contributed by atoms with van der Waals surface area (Å²) in [7, 11) is 0. The zero-order valence-corrected chi connectivity index (χ0v) is 17.6. The van der Waals surface area contributed by atoms with E-state index in [4.69, 9.17) is 9.47 Å². The average molecular weight is 462 g/mol. The van der Waals surface area contributed by atoms with Gasteiger partial charge < -0.3 is 14.8 Å². The van der Waals surface area contributed by atoms with Crippen molar-refractivity contribution in [3.63, 3.8) is 0 Å². The number of hydrogen-bond donors (Lipinski definition) is 1. The molecule has 2 heterocycles. The van der Waals surface area contributed by atoms with E-state index >= 15 is 0 Å². The summed E-state index contributed by atoms with van der Waals surface area (Å²) in [5, 5.41) is 13.4. The maximum absolute atomic E-state index is 12.7. The molecule has 0 saturated carbocycles. The van der Waals surface area contributed by atoms with Crippen LogP contribution in [0.25, 0.3) is 0 Å². The summed E-state index contributed by atoms with van der Waals surface area (Å²) >= 11 is 0. The highest BCUT2D eigenvalue weighted by molar-refractivity contribution is 6.03. The van der Waals surface area contributed by atoms with Crippen molar-refractivity contribution in [2.45, 2.75) is 12.1 Å². The van der Waals surface area contributed by atoms with Gasteiger partial charge in [0.2, 0.25) is 0 Å². The molecule has 0 radical (unpaired) electrons. The predicted molar refractivity (Wildman–Crippen MR) is 119 cm³/mol. The minimum absolute atomic E-state index is 0.0151. The normalized spacial score (nSPS) is 16.8. The summed E-state index contributed by atoms with van der Waals surface area (Å²) in [6, 6.07) is 14.2. The topological polar surface area (TPSA) is 143 Å². The summed E-state index contributed by atoms with van der Waals surface area (Å²) < 4.78 is 12.0. The lowest BCUT2D eigenvalue weighted by Gasteiger charge is -2.28. The molecule has 0 bridgehead atoms. The number of aromatic nitrogens is 2. The van der Waals surface area contributed by atoms with Crippen LogP contribution in [0.1, 0.15) is 26.8 Å². The van der Waals surface area contributed by atoms with Gasteiger partial charge in [-0.25, -0.2) is 9.59 Å². The summed E-state index contributed by atoms with van der Waals surface area (Å²) in [6.45, 7) is -0.0151. The van der Waals surface area contributed by atoms with Crippen LogP contribution in [0.2, 0.25) is 0 Å². The number of anilines is 1. The first-order chi connectivity index (χ1) is 16.4. The monoisotopic (exact) mass is 462 g/mol. The number of carbonyl (C=O) groups is 2. The highest BCUT2D eigenvalue weighted by Gasteiger charge is 2.30. The third-order valence-corrected chi connectivity index (χ3v) is 5.01. The summed E-state index contributed by atoms with van der Waals surface area (Å²) in [5.74, 6) is -1.06. The van der Waals surface area contributed by atoms with E-state index in [1.165, 1.54) is 47.4 Å². The van der Waals surface area contributed by atoms with E-state index < -0.39 is 34.6 Å². The maximum Gasteiger partial charge on any atom is 0.350 e. The van der Waals surface area contributed by atoms with Crippen LogP contribution in [0.5, 0.6) is 0 Å². The maximum atomic E-state index is 12.7. The van der Waals surface area contributed by atoms with Gasteiger partial charge in [0, 0.05) is 23.9 Å². The highest BCUT2D eigenvalue weighted by Crippen LogP contribution is 2.22. The molecule has 2 atom stereocenters. The van der Waals surface area contributed by atoms with Crippen LogP contribution in [0.3, 0.4) is 0 Å². The molecule has 0 fully saturated rings. The number of amides is 1. The van der Waals surface area contributed by atoms with Gasteiger partial charge in [0.1, 0.15) is 12.4 Å². The molecule has 1 unspecified atom stereocenters. The highest BCUT2D eigenvalue weighted by atomic mass is 16.6. The molecule has 1 aliphatic rings. The zero-order chi connectivity index (χ0) is 24.1. The fourth-order valence-corrected chi connectivity index (χ4v) is 3.30. The summed E-state index contributed by atoms with van der Waals surface area (Å²) in [4.78, 5) is 51.6. The molecular weight excluding hydrogens is 444 g/mol. The Labute approximate surface area is 192 Å². The van der Waals surface area contributed by atoms with Crippen molar-refractivity contribution in [3.05, 3.63) is 111 Å². The quantitative estimate of drug-likeness (QED) is 0.335. The van der Waals surface area contributed by atoms with Crippen molar-refractivity contribution >= 4 is 23.4 Å². The van der Waals surface area contributed by atoms with Crippen LogP contribution in [-0.4, -0.2) is 39.1 Å². The number of hydrogen-bond acceptors (Lipinski definition) is 8. The van der Waals surface area contributed by atoms with Crippen LogP contribution in [-0.2, 0) is 9.47 Å². The third-order valence-electron chi connectivity index (χ3n) is 5.01. The molecule has 3 aromatic rings. The van der Waals surface area contributed by atoms with E-state index in [0.717, 1.165) is 0 Å². The molecule has 4 rings (SSSR count). The lowest BCUT2D eigenvalue weighted by Crippen LogP contribution is -2.39. The van der Waals surface area contributed by atoms with Crippen molar-refractivity contribution < 1.29 is 24.0 Å². The zero-order valence-electron chi connectivity index (χ0n) is 17.6. The van der Waals surface area contributed by atoms with Crippen molar-refractivity contribution in [2.24, 2.45) is 0 Å². The van der Waals surface area contributed by atoms with Crippen molar-refractivity contribution in [2.75, 3.05) is 11.9 Å². The molecule has 11 nitrogen and oxygen atoms in total. The number of esters is 1. The molecule has 1 aliphatic heterocycles. The van der Waals surface area contributed by atoms with Crippen LogP contribution in [0.15, 0.2) is 84.0 Å². The first-order valence-corrected chi connectivity index (χ1v) is 10.1. The minimum Gasteiger partial charge on any atom is -0.497 e. The molecule has 2 aromatic carbocycles. The van der Waals surface area contributed by atoms with E-state index in [9.17, 15) is 24.5 Å². The first-order valence-electron chi connectivity index (χ1n) is 10.1. The molecule has 11 heteroatoms. The van der Waals surface area contributed by atoms with Crippen LogP contribution >= 0.6 is 0 Å². The lowest BCUT2D eigenvalue weighted by atomic mass is 10.1. The number of ether oxygens (including phenoxy) is 2. The number of non-ortho nitro benzene ring substituents is 1. The first kappa shape index (κ1) is 22.4. The Balaban J connectivity index is 1.49. The molecule has 1 aromatic heterocycles. The summed E-state index contributed by atoms with van der Waals surface area (Å²) in [5.41, 5.74) is -0.295. The number of carbonyl (C=O) groups excluding carboxylic acids is 2. The van der Waals surface area contributed by atoms with Gasteiger partial charge in [-0.3, -0.25) is 19.5 Å². The minimum atomic E-state index is -0.864. The van der Waals surface area contributed by atoms with Crippen LogP contribution in [0, 0.1) is 10.1 Å². The second-order valence-corrected chi connectivity index (χ2v) is 7.22. The second-order valence-electron chi connectivity index (χ2n) is 7.22. The number of nitro groups is 1. The van der Waals surface area contributed by atoms with Gasteiger partial charge in [0.15, 0.2) is 6.10 Å². The second kappa shape index (κ2) is 9.77. The fraction of sp³-hybridized carbons (Fsp3) is 0.130. The number of nitro benzene ring substituents is 1. The summed E-state index contributed by atoms with van der Waals surface area (Å²) in [6.07, 6.45) is 3.50. The van der Waals surface area contributed by atoms with Gasteiger partial charge in [-0.1, -0.05) is 18.2 Å². The smallest absolute Gasteiger partial charge is 0.350 e. The fourth-order valence-electron chi connectivity index (χ4n) is 3.30. The van der Waals surface area contributed by atoms with Crippen LogP contribution < -0.4 is 11.0 Å². The van der Waals surface area contributed by atoms with E-state index in [0.29, 0.717) is 5.56 Å². The number of benzene rings is 2. The Kier molecular flexibility index (Phi) is 6.44. The predicted octanol–water partition coefficient (Wildman–Crippen LogP) is 2.71. The Hall–Kier alpha value is -4.80. The van der Waals surface area contributed by atoms with Crippen LogP contribution in [0.4, 0.5) is 11.5 Å². The van der Waals surface area contributed by atoms with E-state index in [1.807, 2.05) is 0 Å². The number of rotatable bonds is 6. The molecule has 0 aliphatic carbocycles. The largest absolute Gasteiger partial charge is 0.497 e. The van der Waals surface area contributed by atoms with Gasteiger partial charge in [-0.15, -0.1) is 0 Å². The van der Waals surface area contributed by atoms with E-state index in [1.54, 1.807) is 36.4 Å². The Morgan fingerprint density at radius 2 is 1.82 bits per heavy atom. The van der Waals surface area contributed by atoms with Gasteiger partial charge in [0.05, 0.1) is 22.8 Å². The van der Waals surface area contributed by atoms with Gasteiger partial charge in [0.25, 0.3) is 11.6 Å². The number of nitrogens with one attached hydrogen (secondary N) is 1. The van der Waals surface area contributed by atoms with Gasteiger partial charge in [-0.2, -0.15) is 4.98 Å². The molecule has 1 N–H and O–H groups in total. The van der Waals surface area contributed by atoms with Crippen molar-refractivity contribution in [1.82, 2.24) is 9.55 Å². The molecule has 0 saturated heterocycles. The third kappa shape index (κ3) is 4.99. The Morgan fingerprint density at radius 3 is 2.50 bits per heavy atom. The molecular formula is C23H18N4O7. The van der Waals surface area contributed by atoms with E-state index in [2.05, 4.69) is 10.3 Å². The SMILES string of the molecule is O=C(Nc1ccn(C2C=COC[C@H]2OC(=O)c2ccc([N+](=O)[O-])cc2)c(=O)n1)c1ccccc1. The van der Waals surface area contributed by atoms with E-state index in [-0.39, 0.29) is 23.7 Å². The standard InChI is InChI=1S/C23H18N4O7/c28-21(15-4-2-1-3-5-15)24-20-10-12-26(23(30)25-20)18-11-13-33-14-19(18)34-22(29)16-6-8-17(9-7-16)27(31)32/h1-13,18-19H,14H2,(H,24,25,28,30)/t18?,19-/m1/s1.